The maximum absolute atomic E-state index is 14.2. The zero-order valence-electron chi connectivity index (χ0n) is 11.2. The maximum Gasteiger partial charge on any atom is 0.150 e. The van der Waals surface area contributed by atoms with Gasteiger partial charge in [-0.2, -0.15) is 0 Å². The first-order chi connectivity index (χ1) is 9.79. The monoisotopic (exact) mass is 269 g/mol. The molecule has 2 aromatic carbocycles. The minimum atomic E-state index is -0.341. The Hall–Kier alpha value is -2.16. The smallest absolute Gasteiger partial charge is 0.150 e. The lowest BCUT2D eigenvalue weighted by molar-refractivity contribution is 0.112. The van der Waals surface area contributed by atoms with Gasteiger partial charge in [0, 0.05) is 17.8 Å². The molecule has 0 spiro atoms. The average molecular weight is 269 g/mol. The lowest BCUT2D eigenvalue weighted by atomic mass is 10.1. The van der Waals surface area contributed by atoms with Crippen LogP contribution in [0.4, 0.5) is 15.8 Å². The number of hydrogen-bond donors (Lipinski definition) is 0. The summed E-state index contributed by atoms with van der Waals surface area (Å²) in [6, 6.07) is 12.8. The standard InChI is InChI=1S/C17H16FNO/c18-15-11-13(12-20)8-9-17(15)19-10-4-3-6-14-5-1-2-7-16(14)19/h1-2,5,7-9,11-12H,3-4,6,10H2. The Balaban J connectivity index is 2.07. The Kier molecular flexibility index (Phi) is 3.50. The summed E-state index contributed by atoms with van der Waals surface area (Å²) in [4.78, 5) is 12.7. The van der Waals surface area contributed by atoms with Crippen molar-refractivity contribution in [1.82, 2.24) is 0 Å². The normalized spacial score (nSPS) is 14.6. The molecule has 20 heavy (non-hydrogen) atoms. The van der Waals surface area contributed by atoms with Crippen LogP contribution in [-0.2, 0) is 6.42 Å². The maximum atomic E-state index is 14.2. The van der Waals surface area contributed by atoms with Crippen LogP contribution in [0.5, 0.6) is 0 Å². The molecule has 1 heterocycles. The second-order valence-corrected chi connectivity index (χ2v) is 5.07. The number of anilines is 2. The molecule has 2 nitrogen and oxygen atoms in total. The zero-order chi connectivity index (χ0) is 13.9. The van der Waals surface area contributed by atoms with Crippen LogP contribution in [0.2, 0.25) is 0 Å². The van der Waals surface area contributed by atoms with Gasteiger partial charge in [0.1, 0.15) is 12.1 Å². The van der Waals surface area contributed by atoms with Gasteiger partial charge in [0.2, 0.25) is 0 Å². The molecule has 0 bridgehead atoms. The summed E-state index contributed by atoms with van der Waals surface area (Å²) in [5.74, 6) is -0.341. The Bertz CT molecular complexity index is 639. The highest BCUT2D eigenvalue weighted by Crippen LogP contribution is 2.34. The molecular weight excluding hydrogens is 253 g/mol. The summed E-state index contributed by atoms with van der Waals surface area (Å²) >= 11 is 0. The number of fused-ring (bicyclic) bond motifs is 1. The van der Waals surface area contributed by atoms with Gasteiger partial charge in [0.05, 0.1) is 5.69 Å². The molecule has 102 valence electrons. The summed E-state index contributed by atoms with van der Waals surface area (Å²) in [6.07, 6.45) is 3.84. The molecule has 1 aliphatic rings. The zero-order valence-corrected chi connectivity index (χ0v) is 11.2. The molecule has 2 aromatic rings. The van der Waals surface area contributed by atoms with E-state index in [1.807, 2.05) is 23.1 Å². The van der Waals surface area contributed by atoms with E-state index in [2.05, 4.69) is 6.07 Å². The van der Waals surface area contributed by atoms with Gasteiger partial charge < -0.3 is 4.90 Å². The van der Waals surface area contributed by atoms with E-state index in [1.54, 1.807) is 12.1 Å². The predicted octanol–water partition coefficient (Wildman–Crippen LogP) is 4.11. The molecule has 0 atom stereocenters. The molecule has 0 saturated carbocycles. The Morgan fingerprint density at radius 3 is 2.70 bits per heavy atom. The van der Waals surface area contributed by atoms with Gasteiger partial charge in [0.25, 0.3) is 0 Å². The Morgan fingerprint density at radius 2 is 1.90 bits per heavy atom. The molecule has 0 unspecified atom stereocenters. The van der Waals surface area contributed by atoms with E-state index < -0.39 is 0 Å². The van der Waals surface area contributed by atoms with E-state index in [-0.39, 0.29) is 5.82 Å². The van der Waals surface area contributed by atoms with Crippen molar-refractivity contribution in [2.45, 2.75) is 19.3 Å². The van der Waals surface area contributed by atoms with Gasteiger partial charge in [-0.1, -0.05) is 18.2 Å². The predicted molar refractivity (Wildman–Crippen MR) is 78.2 cm³/mol. The third-order valence-electron chi connectivity index (χ3n) is 3.76. The van der Waals surface area contributed by atoms with Gasteiger partial charge in [-0.25, -0.2) is 4.39 Å². The van der Waals surface area contributed by atoms with Crippen LogP contribution >= 0.6 is 0 Å². The summed E-state index contributed by atoms with van der Waals surface area (Å²) in [5.41, 5.74) is 3.24. The van der Waals surface area contributed by atoms with Crippen LogP contribution in [-0.4, -0.2) is 12.8 Å². The SMILES string of the molecule is O=Cc1ccc(N2CCCCc3ccccc32)c(F)c1. The van der Waals surface area contributed by atoms with Gasteiger partial charge in [-0.15, -0.1) is 0 Å². The number of carbonyl (C=O) groups excluding carboxylic acids is 1. The number of halogens is 1. The number of aldehydes is 1. The number of carbonyl (C=O) groups is 1. The van der Waals surface area contributed by atoms with Crippen molar-refractivity contribution in [3.63, 3.8) is 0 Å². The lowest BCUT2D eigenvalue weighted by Gasteiger charge is -2.25. The third kappa shape index (κ3) is 2.31. The number of rotatable bonds is 2. The number of nitrogens with zero attached hydrogens (tertiary/aromatic N) is 1. The molecule has 0 radical (unpaired) electrons. The molecule has 3 heteroatoms. The van der Waals surface area contributed by atoms with Gasteiger partial charge in [0.15, 0.2) is 0 Å². The van der Waals surface area contributed by atoms with E-state index >= 15 is 0 Å². The number of aryl methyl sites for hydroxylation is 1. The molecule has 3 rings (SSSR count). The van der Waals surface area contributed by atoms with Crippen molar-refractivity contribution in [3.05, 3.63) is 59.4 Å². The van der Waals surface area contributed by atoms with Gasteiger partial charge >= 0.3 is 0 Å². The second-order valence-electron chi connectivity index (χ2n) is 5.07. The van der Waals surface area contributed by atoms with Gasteiger partial charge in [-0.3, -0.25) is 4.79 Å². The van der Waals surface area contributed by atoms with Crippen molar-refractivity contribution < 1.29 is 9.18 Å². The Morgan fingerprint density at radius 1 is 1.05 bits per heavy atom. The van der Waals surface area contributed by atoms with Crippen molar-refractivity contribution in [3.8, 4) is 0 Å². The first-order valence-electron chi connectivity index (χ1n) is 6.90. The number of para-hydroxylation sites is 1. The molecule has 0 amide bonds. The van der Waals surface area contributed by atoms with Crippen LogP contribution in [0.3, 0.4) is 0 Å². The molecule has 1 aliphatic heterocycles. The molecule has 0 aliphatic carbocycles. The first-order valence-corrected chi connectivity index (χ1v) is 6.90. The fraction of sp³-hybridized carbons (Fsp3) is 0.235. The molecule has 0 fully saturated rings. The van der Waals surface area contributed by atoms with Crippen LogP contribution in [0, 0.1) is 5.82 Å². The van der Waals surface area contributed by atoms with Crippen molar-refractivity contribution >= 4 is 17.7 Å². The second kappa shape index (κ2) is 5.45. The fourth-order valence-corrected chi connectivity index (χ4v) is 2.76. The van der Waals surface area contributed by atoms with E-state index in [9.17, 15) is 9.18 Å². The lowest BCUT2D eigenvalue weighted by Crippen LogP contribution is -2.19. The number of benzene rings is 2. The van der Waals surface area contributed by atoms with Crippen LogP contribution < -0.4 is 4.90 Å². The molecule has 0 saturated heterocycles. The first kappa shape index (κ1) is 12.9. The van der Waals surface area contributed by atoms with Crippen LogP contribution in [0.1, 0.15) is 28.8 Å². The number of hydrogen-bond acceptors (Lipinski definition) is 2. The molecule has 0 aromatic heterocycles. The van der Waals surface area contributed by atoms with Gasteiger partial charge in [-0.05, 0) is 49.1 Å². The quantitative estimate of drug-likeness (QED) is 0.765. The van der Waals surface area contributed by atoms with E-state index in [4.69, 9.17) is 0 Å². The average Bonchev–Trinajstić information content (AvgIpc) is 2.69. The van der Waals surface area contributed by atoms with E-state index in [0.29, 0.717) is 17.5 Å². The highest BCUT2D eigenvalue weighted by molar-refractivity contribution is 5.77. The van der Waals surface area contributed by atoms with Crippen LogP contribution in [0.25, 0.3) is 0 Å². The van der Waals surface area contributed by atoms with E-state index in [1.165, 1.54) is 11.6 Å². The van der Waals surface area contributed by atoms with E-state index in [0.717, 1.165) is 31.5 Å². The highest BCUT2D eigenvalue weighted by atomic mass is 19.1. The summed E-state index contributed by atoms with van der Waals surface area (Å²) in [7, 11) is 0. The largest absolute Gasteiger partial charge is 0.339 e. The minimum Gasteiger partial charge on any atom is -0.339 e. The van der Waals surface area contributed by atoms with Crippen molar-refractivity contribution in [2.24, 2.45) is 0 Å². The Labute approximate surface area is 117 Å². The fourth-order valence-electron chi connectivity index (χ4n) is 2.76. The third-order valence-corrected chi connectivity index (χ3v) is 3.76. The van der Waals surface area contributed by atoms with Crippen LogP contribution in [0.15, 0.2) is 42.5 Å². The summed E-state index contributed by atoms with van der Waals surface area (Å²) in [6.45, 7) is 0.800. The minimum absolute atomic E-state index is 0.341. The highest BCUT2D eigenvalue weighted by Gasteiger charge is 2.19. The molecular formula is C17H16FNO. The summed E-state index contributed by atoms with van der Waals surface area (Å²) in [5, 5.41) is 0. The van der Waals surface area contributed by atoms with Crippen molar-refractivity contribution in [1.29, 1.82) is 0 Å². The molecule has 0 N–H and O–H groups in total. The topological polar surface area (TPSA) is 20.3 Å². The van der Waals surface area contributed by atoms with Crippen molar-refractivity contribution in [2.75, 3.05) is 11.4 Å². The summed E-state index contributed by atoms with van der Waals surface area (Å²) < 4.78 is 14.2.